The summed E-state index contributed by atoms with van der Waals surface area (Å²) in [5.41, 5.74) is 1.14. The van der Waals surface area contributed by atoms with E-state index in [1.807, 2.05) is 12.1 Å². The molecule has 0 aliphatic rings. The van der Waals surface area contributed by atoms with Crippen molar-refractivity contribution in [3.63, 3.8) is 0 Å². The molecule has 17 heavy (non-hydrogen) atoms. The highest BCUT2D eigenvalue weighted by Crippen LogP contribution is 2.29. The van der Waals surface area contributed by atoms with E-state index in [4.69, 9.17) is 16.3 Å². The number of hydrogen-bond acceptors (Lipinski definition) is 2. The van der Waals surface area contributed by atoms with Gasteiger partial charge in [-0.15, -0.1) is 11.6 Å². The van der Waals surface area contributed by atoms with Gasteiger partial charge < -0.3 is 4.74 Å². The lowest BCUT2D eigenvalue weighted by molar-refractivity contribution is 0.414. The fraction of sp³-hybridized carbons (Fsp3) is 0.143. The standard InChI is InChI=1S/C14H13ClOS/c1-16-12-4-8-14(9-5-12)17-13-6-2-11(10-15)3-7-13/h2-9H,10H2,1H3. The third kappa shape index (κ3) is 3.42. The molecule has 0 bridgehead atoms. The third-order valence-electron chi connectivity index (χ3n) is 2.37. The van der Waals surface area contributed by atoms with Gasteiger partial charge >= 0.3 is 0 Å². The zero-order chi connectivity index (χ0) is 12.1. The van der Waals surface area contributed by atoms with Crippen LogP contribution < -0.4 is 4.74 Å². The average molecular weight is 265 g/mol. The molecule has 3 heteroatoms. The number of methoxy groups -OCH3 is 1. The van der Waals surface area contributed by atoms with Crippen LogP contribution in [-0.4, -0.2) is 7.11 Å². The molecule has 0 unspecified atom stereocenters. The Kier molecular flexibility index (Phi) is 4.35. The molecule has 2 aromatic rings. The van der Waals surface area contributed by atoms with Crippen molar-refractivity contribution in [2.24, 2.45) is 0 Å². The smallest absolute Gasteiger partial charge is 0.118 e. The highest BCUT2D eigenvalue weighted by molar-refractivity contribution is 7.99. The Morgan fingerprint density at radius 3 is 1.94 bits per heavy atom. The predicted molar refractivity (Wildman–Crippen MR) is 73.1 cm³/mol. The van der Waals surface area contributed by atoms with E-state index in [0.29, 0.717) is 5.88 Å². The Balaban J connectivity index is 2.08. The fourth-order valence-corrected chi connectivity index (χ4v) is 2.42. The van der Waals surface area contributed by atoms with E-state index in [2.05, 4.69) is 36.4 Å². The molecule has 1 nitrogen and oxygen atoms in total. The summed E-state index contributed by atoms with van der Waals surface area (Å²) in [6, 6.07) is 16.3. The van der Waals surface area contributed by atoms with E-state index >= 15 is 0 Å². The normalized spacial score (nSPS) is 10.2. The van der Waals surface area contributed by atoms with E-state index in [9.17, 15) is 0 Å². The van der Waals surface area contributed by atoms with Gasteiger partial charge in [-0.05, 0) is 42.0 Å². The quantitative estimate of drug-likeness (QED) is 0.748. The second-order valence-electron chi connectivity index (χ2n) is 3.56. The molecular formula is C14H13ClOS. The molecule has 0 saturated carbocycles. The van der Waals surface area contributed by atoms with Gasteiger partial charge in [0, 0.05) is 15.7 Å². The van der Waals surface area contributed by atoms with E-state index in [1.165, 1.54) is 9.79 Å². The lowest BCUT2D eigenvalue weighted by Crippen LogP contribution is -1.81. The molecule has 0 atom stereocenters. The van der Waals surface area contributed by atoms with Crippen LogP contribution in [0.25, 0.3) is 0 Å². The first kappa shape index (κ1) is 12.3. The van der Waals surface area contributed by atoms with Crippen molar-refractivity contribution < 1.29 is 4.74 Å². The van der Waals surface area contributed by atoms with Gasteiger partial charge in [0.15, 0.2) is 0 Å². The first-order valence-corrected chi connectivity index (χ1v) is 6.64. The molecule has 88 valence electrons. The second kappa shape index (κ2) is 5.99. The minimum absolute atomic E-state index is 0.563. The highest BCUT2D eigenvalue weighted by atomic mass is 35.5. The summed E-state index contributed by atoms with van der Waals surface area (Å²) in [6.07, 6.45) is 0. The first-order chi connectivity index (χ1) is 8.31. The molecule has 0 heterocycles. The Labute approximate surface area is 111 Å². The number of hydrogen-bond donors (Lipinski definition) is 0. The molecule has 0 fully saturated rings. The maximum atomic E-state index is 5.75. The Bertz CT molecular complexity index is 419. The number of alkyl halides is 1. The highest BCUT2D eigenvalue weighted by Gasteiger charge is 1.98. The van der Waals surface area contributed by atoms with Crippen LogP contribution in [0.3, 0.4) is 0 Å². The minimum Gasteiger partial charge on any atom is -0.497 e. The van der Waals surface area contributed by atoms with Crippen LogP contribution in [0.15, 0.2) is 58.3 Å². The van der Waals surface area contributed by atoms with E-state index < -0.39 is 0 Å². The van der Waals surface area contributed by atoms with Gasteiger partial charge in [-0.3, -0.25) is 0 Å². The van der Waals surface area contributed by atoms with Crippen molar-refractivity contribution in [2.45, 2.75) is 15.7 Å². The third-order valence-corrected chi connectivity index (χ3v) is 3.70. The zero-order valence-electron chi connectivity index (χ0n) is 9.52. The first-order valence-electron chi connectivity index (χ1n) is 5.28. The predicted octanol–water partition coefficient (Wildman–Crippen LogP) is 4.59. The molecule has 0 aromatic heterocycles. The van der Waals surface area contributed by atoms with Gasteiger partial charge in [-0.1, -0.05) is 23.9 Å². The Morgan fingerprint density at radius 2 is 1.47 bits per heavy atom. The Hall–Kier alpha value is -1.12. The summed E-state index contributed by atoms with van der Waals surface area (Å²) in [4.78, 5) is 2.41. The van der Waals surface area contributed by atoms with Crippen LogP contribution in [0.2, 0.25) is 0 Å². The maximum Gasteiger partial charge on any atom is 0.118 e. The van der Waals surface area contributed by atoms with Crippen molar-refractivity contribution in [1.82, 2.24) is 0 Å². The van der Waals surface area contributed by atoms with Crippen molar-refractivity contribution in [3.05, 3.63) is 54.1 Å². The lowest BCUT2D eigenvalue weighted by atomic mass is 10.2. The van der Waals surface area contributed by atoms with Crippen LogP contribution in [0.4, 0.5) is 0 Å². The molecule has 2 rings (SSSR count). The molecule has 0 saturated heterocycles. The summed E-state index contributed by atoms with van der Waals surface area (Å²) >= 11 is 7.48. The zero-order valence-corrected chi connectivity index (χ0v) is 11.1. The molecule has 0 N–H and O–H groups in total. The summed E-state index contributed by atoms with van der Waals surface area (Å²) in [6.45, 7) is 0. The van der Waals surface area contributed by atoms with Gasteiger partial charge in [0.25, 0.3) is 0 Å². The topological polar surface area (TPSA) is 9.23 Å². The van der Waals surface area contributed by atoms with Crippen molar-refractivity contribution in [1.29, 1.82) is 0 Å². The molecule has 0 radical (unpaired) electrons. The van der Waals surface area contributed by atoms with Crippen LogP contribution in [-0.2, 0) is 5.88 Å². The number of ether oxygens (including phenoxy) is 1. The van der Waals surface area contributed by atoms with Crippen molar-refractivity contribution in [2.75, 3.05) is 7.11 Å². The molecule has 0 amide bonds. The number of halogens is 1. The maximum absolute atomic E-state index is 5.75. The van der Waals surface area contributed by atoms with Gasteiger partial charge in [0.1, 0.15) is 5.75 Å². The summed E-state index contributed by atoms with van der Waals surface area (Å²) in [5, 5.41) is 0. The minimum atomic E-state index is 0.563. The Morgan fingerprint density at radius 1 is 0.941 bits per heavy atom. The average Bonchev–Trinajstić information content (AvgIpc) is 2.40. The second-order valence-corrected chi connectivity index (χ2v) is 4.97. The van der Waals surface area contributed by atoms with E-state index in [0.717, 1.165) is 11.3 Å². The summed E-state index contributed by atoms with van der Waals surface area (Å²) in [5.74, 6) is 1.44. The molecule has 0 aliphatic carbocycles. The van der Waals surface area contributed by atoms with Gasteiger partial charge in [-0.2, -0.15) is 0 Å². The molecule has 2 aromatic carbocycles. The van der Waals surface area contributed by atoms with Crippen LogP contribution >= 0.6 is 23.4 Å². The van der Waals surface area contributed by atoms with Crippen molar-refractivity contribution >= 4 is 23.4 Å². The fourth-order valence-electron chi connectivity index (χ4n) is 1.43. The molecular weight excluding hydrogens is 252 g/mol. The molecule has 0 aliphatic heterocycles. The largest absolute Gasteiger partial charge is 0.497 e. The lowest BCUT2D eigenvalue weighted by Gasteiger charge is -2.04. The van der Waals surface area contributed by atoms with Gasteiger partial charge in [0.05, 0.1) is 7.11 Å². The van der Waals surface area contributed by atoms with Crippen LogP contribution in [0, 0.1) is 0 Å². The molecule has 0 spiro atoms. The van der Waals surface area contributed by atoms with Gasteiger partial charge in [0.2, 0.25) is 0 Å². The number of benzene rings is 2. The van der Waals surface area contributed by atoms with Gasteiger partial charge in [-0.25, -0.2) is 0 Å². The summed E-state index contributed by atoms with van der Waals surface area (Å²) < 4.78 is 5.13. The monoisotopic (exact) mass is 264 g/mol. The summed E-state index contributed by atoms with van der Waals surface area (Å²) in [7, 11) is 1.67. The van der Waals surface area contributed by atoms with E-state index in [-0.39, 0.29) is 0 Å². The SMILES string of the molecule is COc1ccc(Sc2ccc(CCl)cc2)cc1. The van der Waals surface area contributed by atoms with E-state index in [1.54, 1.807) is 18.9 Å². The van der Waals surface area contributed by atoms with Crippen LogP contribution in [0.1, 0.15) is 5.56 Å². The van der Waals surface area contributed by atoms with Crippen LogP contribution in [0.5, 0.6) is 5.75 Å². The number of rotatable bonds is 4. The van der Waals surface area contributed by atoms with Crippen molar-refractivity contribution in [3.8, 4) is 5.75 Å².